The molecule has 136 valence electrons. The summed E-state index contributed by atoms with van der Waals surface area (Å²) in [5, 5.41) is 4.17. The normalized spacial score (nSPS) is 12.1. The number of thiazole rings is 1. The molecule has 9 heteroatoms. The van der Waals surface area contributed by atoms with Crippen molar-refractivity contribution in [3.8, 4) is 0 Å². The maximum Gasteiger partial charge on any atom is 0.325 e. The molecule has 0 saturated carbocycles. The molecule has 2 heterocycles. The van der Waals surface area contributed by atoms with Crippen molar-refractivity contribution in [1.82, 2.24) is 14.3 Å². The van der Waals surface area contributed by atoms with Crippen LogP contribution in [0.2, 0.25) is 0 Å². The standard InChI is InChI=1S/C17H17BrN4O3S/c1-10(2)22-13(6-7-19-22)16(24)20-17-21(9-15(23)25-3)12-5-4-11(18)8-14(12)26-17/h4-8,10H,9H2,1-3H3. The Morgan fingerprint density at radius 1 is 1.35 bits per heavy atom. The molecular weight excluding hydrogens is 420 g/mol. The molecule has 26 heavy (non-hydrogen) atoms. The Morgan fingerprint density at radius 2 is 2.12 bits per heavy atom. The molecular formula is C17H17BrN4O3S. The molecule has 1 amide bonds. The highest BCUT2D eigenvalue weighted by atomic mass is 79.9. The van der Waals surface area contributed by atoms with Gasteiger partial charge in [0.05, 0.1) is 17.3 Å². The van der Waals surface area contributed by atoms with Gasteiger partial charge in [0.25, 0.3) is 5.91 Å². The average Bonchev–Trinajstić information content (AvgIpc) is 3.20. The minimum atomic E-state index is -0.409. The smallest absolute Gasteiger partial charge is 0.325 e. The van der Waals surface area contributed by atoms with Gasteiger partial charge >= 0.3 is 5.97 Å². The summed E-state index contributed by atoms with van der Waals surface area (Å²) in [4.78, 5) is 29.2. The minimum Gasteiger partial charge on any atom is -0.468 e. The second-order valence-corrected chi connectivity index (χ2v) is 7.76. The number of hydrogen-bond acceptors (Lipinski definition) is 5. The van der Waals surface area contributed by atoms with Gasteiger partial charge in [-0.15, -0.1) is 0 Å². The summed E-state index contributed by atoms with van der Waals surface area (Å²) in [5.41, 5.74) is 1.22. The molecule has 0 aliphatic heterocycles. The Balaban J connectivity index is 2.14. The van der Waals surface area contributed by atoms with Crippen molar-refractivity contribution >= 4 is 49.4 Å². The lowest BCUT2D eigenvalue weighted by Crippen LogP contribution is -2.23. The van der Waals surface area contributed by atoms with Gasteiger partial charge in [-0.2, -0.15) is 10.1 Å². The second kappa shape index (κ2) is 7.55. The molecule has 0 fully saturated rings. The molecule has 0 radical (unpaired) electrons. The molecule has 3 rings (SSSR count). The van der Waals surface area contributed by atoms with Crippen LogP contribution in [0.3, 0.4) is 0 Å². The zero-order valence-electron chi connectivity index (χ0n) is 14.5. The molecule has 0 spiro atoms. The number of ether oxygens (including phenoxy) is 1. The average molecular weight is 437 g/mol. The van der Waals surface area contributed by atoms with E-state index in [1.807, 2.05) is 32.0 Å². The van der Waals surface area contributed by atoms with E-state index in [4.69, 9.17) is 4.74 Å². The van der Waals surface area contributed by atoms with Crippen molar-refractivity contribution in [3.05, 3.63) is 45.4 Å². The van der Waals surface area contributed by atoms with Gasteiger partial charge in [0.1, 0.15) is 12.2 Å². The number of benzene rings is 1. The number of esters is 1. The number of hydrogen-bond donors (Lipinski definition) is 0. The van der Waals surface area contributed by atoms with E-state index in [0.717, 1.165) is 14.7 Å². The van der Waals surface area contributed by atoms with Crippen molar-refractivity contribution in [3.63, 3.8) is 0 Å². The predicted molar refractivity (Wildman–Crippen MR) is 102 cm³/mol. The van der Waals surface area contributed by atoms with Gasteiger partial charge < -0.3 is 9.30 Å². The molecule has 1 aromatic carbocycles. The van der Waals surface area contributed by atoms with Gasteiger partial charge in [-0.3, -0.25) is 14.3 Å². The van der Waals surface area contributed by atoms with Crippen LogP contribution in [0.5, 0.6) is 0 Å². The largest absolute Gasteiger partial charge is 0.468 e. The summed E-state index contributed by atoms with van der Waals surface area (Å²) < 4.78 is 9.90. The highest BCUT2D eigenvalue weighted by Gasteiger charge is 2.16. The zero-order valence-corrected chi connectivity index (χ0v) is 16.9. The molecule has 0 unspecified atom stereocenters. The topological polar surface area (TPSA) is 78.5 Å². The number of rotatable bonds is 4. The number of fused-ring (bicyclic) bond motifs is 1. The fourth-order valence-corrected chi connectivity index (χ4v) is 4.10. The van der Waals surface area contributed by atoms with E-state index in [9.17, 15) is 9.59 Å². The summed E-state index contributed by atoms with van der Waals surface area (Å²) in [6.45, 7) is 3.87. The second-order valence-electron chi connectivity index (χ2n) is 5.83. The Kier molecular flexibility index (Phi) is 5.38. The summed E-state index contributed by atoms with van der Waals surface area (Å²) in [7, 11) is 1.33. The molecule has 0 aliphatic carbocycles. The van der Waals surface area contributed by atoms with E-state index in [0.29, 0.717) is 10.5 Å². The molecule has 0 saturated heterocycles. The first-order valence-corrected chi connectivity index (χ1v) is 9.50. The minimum absolute atomic E-state index is 0.0202. The fourth-order valence-electron chi connectivity index (χ4n) is 2.52. The van der Waals surface area contributed by atoms with E-state index >= 15 is 0 Å². The first-order chi connectivity index (χ1) is 12.4. The van der Waals surface area contributed by atoms with Crippen LogP contribution in [0.4, 0.5) is 0 Å². The Labute approximate surface area is 162 Å². The molecule has 0 bridgehead atoms. The van der Waals surface area contributed by atoms with E-state index in [-0.39, 0.29) is 12.6 Å². The fraction of sp³-hybridized carbons (Fsp3) is 0.294. The predicted octanol–water partition coefficient (Wildman–Crippen LogP) is 3.16. The molecule has 3 aromatic rings. The number of carbonyl (C=O) groups excluding carboxylic acids is 2. The zero-order chi connectivity index (χ0) is 18.8. The molecule has 7 nitrogen and oxygen atoms in total. The van der Waals surface area contributed by atoms with Gasteiger partial charge in [-0.05, 0) is 38.1 Å². The highest BCUT2D eigenvalue weighted by molar-refractivity contribution is 9.10. The van der Waals surface area contributed by atoms with E-state index in [1.165, 1.54) is 18.4 Å². The maximum atomic E-state index is 12.7. The third-order valence-corrected chi connectivity index (χ3v) is 5.27. The van der Waals surface area contributed by atoms with Gasteiger partial charge in [0, 0.05) is 16.7 Å². The summed E-state index contributed by atoms with van der Waals surface area (Å²) in [6.07, 6.45) is 1.58. The van der Waals surface area contributed by atoms with Crippen molar-refractivity contribution in [2.75, 3.05) is 7.11 Å². The van der Waals surface area contributed by atoms with Crippen molar-refractivity contribution in [2.45, 2.75) is 26.4 Å². The molecule has 0 atom stereocenters. The van der Waals surface area contributed by atoms with Crippen LogP contribution in [0.15, 0.2) is 39.9 Å². The highest BCUT2D eigenvalue weighted by Crippen LogP contribution is 2.22. The van der Waals surface area contributed by atoms with Crippen LogP contribution in [0.25, 0.3) is 10.2 Å². The summed E-state index contributed by atoms with van der Waals surface area (Å²) in [5.74, 6) is -0.811. The van der Waals surface area contributed by atoms with Crippen LogP contribution in [0, 0.1) is 0 Å². The number of amides is 1. The van der Waals surface area contributed by atoms with Crippen LogP contribution >= 0.6 is 27.3 Å². The lowest BCUT2D eigenvalue weighted by Gasteiger charge is -2.08. The first-order valence-electron chi connectivity index (χ1n) is 7.89. The van der Waals surface area contributed by atoms with Crippen LogP contribution in [0.1, 0.15) is 30.4 Å². The third-order valence-electron chi connectivity index (χ3n) is 3.74. The van der Waals surface area contributed by atoms with Gasteiger partial charge in [0.15, 0.2) is 4.80 Å². The number of methoxy groups -OCH3 is 1. The summed E-state index contributed by atoms with van der Waals surface area (Å²) in [6, 6.07) is 7.36. The van der Waals surface area contributed by atoms with Gasteiger partial charge in [-0.1, -0.05) is 27.3 Å². The Morgan fingerprint density at radius 3 is 2.81 bits per heavy atom. The van der Waals surface area contributed by atoms with E-state index in [1.54, 1.807) is 21.5 Å². The van der Waals surface area contributed by atoms with Crippen molar-refractivity contribution in [2.24, 2.45) is 4.99 Å². The van der Waals surface area contributed by atoms with E-state index in [2.05, 4.69) is 26.0 Å². The molecule has 0 aliphatic rings. The third kappa shape index (κ3) is 3.63. The van der Waals surface area contributed by atoms with Crippen molar-refractivity contribution in [1.29, 1.82) is 0 Å². The first kappa shape index (κ1) is 18.5. The number of nitrogens with zero attached hydrogens (tertiary/aromatic N) is 4. The molecule has 2 aromatic heterocycles. The Bertz CT molecular complexity index is 1050. The van der Waals surface area contributed by atoms with Crippen LogP contribution < -0.4 is 4.80 Å². The SMILES string of the molecule is COC(=O)Cn1c(=NC(=O)c2ccnn2C(C)C)sc2cc(Br)ccc21. The summed E-state index contributed by atoms with van der Waals surface area (Å²) >= 11 is 4.77. The molecule has 0 N–H and O–H groups in total. The number of halogens is 1. The van der Waals surface area contributed by atoms with Gasteiger partial charge in [0.2, 0.25) is 0 Å². The number of aromatic nitrogens is 3. The maximum absolute atomic E-state index is 12.7. The van der Waals surface area contributed by atoms with Crippen LogP contribution in [-0.2, 0) is 16.1 Å². The lowest BCUT2D eigenvalue weighted by atomic mass is 10.3. The van der Waals surface area contributed by atoms with Crippen LogP contribution in [-0.4, -0.2) is 33.3 Å². The lowest BCUT2D eigenvalue weighted by molar-refractivity contribution is -0.141. The monoisotopic (exact) mass is 436 g/mol. The van der Waals surface area contributed by atoms with Crippen molar-refractivity contribution < 1.29 is 14.3 Å². The Hall–Kier alpha value is -2.26. The van der Waals surface area contributed by atoms with Gasteiger partial charge in [-0.25, -0.2) is 0 Å². The van der Waals surface area contributed by atoms with E-state index < -0.39 is 11.9 Å². The quantitative estimate of drug-likeness (QED) is 0.588. The number of carbonyl (C=O) groups is 2.